The summed E-state index contributed by atoms with van der Waals surface area (Å²) < 4.78 is 11.2. The van der Waals surface area contributed by atoms with E-state index in [-0.39, 0.29) is 12.0 Å². The third kappa shape index (κ3) is 7.80. The summed E-state index contributed by atoms with van der Waals surface area (Å²) in [5.74, 6) is 2.31. The molecule has 0 fully saturated rings. The lowest BCUT2D eigenvalue weighted by Gasteiger charge is -2.19. The van der Waals surface area contributed by atoms with Gasteiger partial charge in [0.1, 0.15) is 17.6 Å². The van der Waals surface area contributed by atoms with Gasteiger partial charge in [0.2, 0.25) is 0 Å². The Kier molecular flexibility index (Phi) is 10.4. The van der Waals surface area contributed by atoms with Crippen LogP contribution in [0.15, 0.2) is 53.5 Å². The number of rotatable bonds is 11. The third-order valence-corrected chi connectivity index (χ3v) is 4.95. The largest absolute Gasteiger partial charge is 0.497 e. The maximum absolute atomic E-state index is 12.4. The van der Waals surface area contributed by atoms with Crippen LogP contribution in [0.25, 0.3) is 0 Å². The molecule has 0 aromatic heterocycles. The lowest BCUT2D eigenvalue weighted by atomic mass is 10.1. The quantitative estimate of drug-likeness (QED) is 0.412. The molecular weight excluding hydrogens is 404 g/mol. The maximum atomic E-state index is 12.4. The second-order valence-corrected chi connectivity index (χ2v) is 7.36. The number of amides is 1. The van der Waals surface area contributed by atoms with E-state index in [4.69, 9.17) is 9.47 Å². The van der Waals surface area contributed by atoms with Crippen molar-refractivity contribution in [3.05, 3.63) is 59.7 Å². The van der Waals surface area contributed by atoms with E-state index in [9.17, 15) is 4.79 Å². The number of guanidine groups is 1. The number of carbonyl (C=O) groups excluding carboxylic acids is 1. The van der Waals surface area contributed by atoms with Gasteiger partial charge in [-0.25, -0.2) is 4.99 Å². The van der Waals surface area contributed by atoms with Gasteiger partial charge in [-0.05, 0) is 57.5 Å². The van der Waals surface area contributed by atoms with Gasteiger partial charge in [0, 0.05) is 31.3 Å². The minimum absolute atomic E-state index is 0.0589. The summed E-state index contributed by atoms with van der Waals surface area (Å²) in [7, 11) is 1.64. The average molecular weight is 441 g/mol. The Bertz CT molecular complexity index is 864. The zero-order valence-corrected chi connectivity index (χ0v) is 19.9. The van der Waals surface area contributed by atoms with E-state index in [0.717, 1.165) is 29.6 Å². The molecule has 0 aliphatic carbocycles. The molecule has 2 aromatic carbocycles. The first-order valence-corrected chi connectivity index (χ1v) is 11.2. The highest BCUT2D eigenvalue weighted by molar-refractivity contribution is 5.94. The molecule has 0 aliphatic heterocycles. The van der Waals surface area contributed by atoms with Crippen molar-refractivity contribution in [2.45, 2.75) is 40.3 Å². The molecule has 0 saturated heterocycles. The number of carbonyl (C=O) groups is 1. The Morgan fingerprint density at radius 1 is 1.03 bits per heavy atom. The number of hydrogen-bond donors (Lipinski definition) is 2. The fourth-order valence-corrected chi connectivity index (χ4v) is 3.15. The molecule has 2 rings (SSSR count). The van der Waals surface area contributed by atoms with Crippen molar-refractivity contribution in [1.82, 2.24) is 15.5 Å². The Hall–Kier alpha value is -3.22. The van der Waals surface area contributed by atoms with Gasteiger partial charge in [0.05, 0.1) is 20.2 Å². The molecule has 32 heavy (non-hydrogen) atoms. The van der Waals surface area contributed by atoms with Crippen LogP contribution in [0.1, 0.15) is 43.6 Å². The molecule has 7 nitrogen and oxygen atoms in total. The molecule has 174 valence electrons. The third-order valence-electron chi connectivity index (χ3n) is 4.95. The van der Waals surface area contributed by atoms with Crippen LogP contribution < -0.4 is 20.1 Å². The molecule has 1 unspecified atom stereocenters. The molecular formula is C25H36N4O3. The number of aliphatic imine (C=N–C) groups is 1. The Labute approximate surface area is 191 Å². The maximum Gasteiger partial charge on any atom is 0.253 e. The summed E-state index contributed by atoms with van der Waals surface area (Å²) >= 11 is 0. The number of ether oxygens (including phenoxy) is 2. The van der Waals surface area contributed by atoms with Gasteiger partial charge in [-0.1, -0.05) is 18.2 Å². The topological polar surface area (TPSA) is 75.2 Å². The predicted molar refractivity (Wildman–Crippen MR) is 130 cm³/mol. The normalized spacial score (nSPS) is 12.1. The lowest BCUT2D eigenvalue weighted by molar-refractivity contribution is 0.0773. The van der Waals surface area contributed by atoms with Crippen LogP contribution in [0.2, 0.25) is 0 Å². The van der Waals surface area contributed by atoms with E-state index in [0.29, 0.717) is 31.7 Å². The van der Waals surface area contributed by atoms with Crippen LogP contribution in [-0.4, -0.2) is 56.2 Å². The summed E-state index contributed by atoms with van der Waals surface area (Å²) in [6, 6.07) is 15.2. The summed E-state index contributed by atoms with van der Waals surface area (Å²) in [6.07, 6.45) is -0.0589. The number of hydrogen-bond acceptors (Lipinski definition) is 4. The average Bonchev–Trinajstić information content (AvgIpc) is 2.82. The number of nitrogens with zero attached hydrogens (tertiary/aromatic N) is 2. The first kappa shape index (κ1) is 25.0. The van der Waals surface area contributed by atoms with Gasteiger partial charge in [-0.3, -0.25) is 4.79 Å². The summed E-state index contributed by atoms with van der Waals surface area (Å²) in [5.41, 5.74) is 1.74. The second kappa shape index (κ2) is 13.2. The number of methoxy groups -OCH3 is 1. The van der Waals surface area contributed by atoms with E-state index in [1.807, 2.05) is 81.1 Å². The predicted octanol–water partition coefficient (Wildman–Crippen LogP) is 3.70. The number of benzene rings is 2. The highest BCUT2D eigenvalue weighted by Gasteiger charge is 2.12. The first-order valence-electron chi connectivity index (χ1n) is 11.2. The van der Waals surface area contributed by atoms with E-state index < -0.39 is 0 Å². The Balaban J connectivity index is 1.92. The van der Waals surface area contributed by atoms with Crippen molar-refractivity contribution in [3.63, 3.8) is 0 Å². The second-order valence-electron chi connectivity index (χ2n) is 7.36. The minimum Gasteiger partial charge on any atom is -0.497 e. The van der Waals surface area contributed by atoms with E-state index in [1.165, 1.54) is 0 Å². The minimum atomic E-state index is -0.0589. The first-order chi connectivity index (χ1) is 15.5. The zero-order chi connectivity index (χ0) is 23.3. The summed E-state index contributed by atoms with van der Waals surface area (Å²) in [4.78, 5) is 18.9. The van der Waals surface area contributed by atoms with Crippen molar-refractivity contribution in [1.29, 1.82) is 0 Å². The molecule has 0 heterocycles. The Morgan fingerprint density at radius 3 is 2.34 bits per heavy atom. The molecule has 0 saturated carbocycles. The van der Waals surface area contributed by atoms with Gasteiger partial charge in [-0.15, -0.1) is 0 Å². The van der Waals surface area contributed by atoms with E-state index >= 15 is 0 Å². The Morgan fingerprint density at radius 2 is 1.72 bits per heavy atom. The highest BCUT2D eigenvalue weighted by Crippen LogP contribution is 2.19. The monoisotopic (exact) mass is 440 g/mol. The van der Waals surface area contributed by atoms with Crippen molar-refractivity contribution in [3.8, 4) is 11.5 Å². The van der Waals surface area contributed by atoms with Gasteiger partial charge >= 0.3 is 0 Å². The van der Waals surface area contributed by atoms with Crippen LogP contribution in [-0.2, 0) is 6.54 Å². The van der Waals surface area contributed by atoms with Gasteiger partial charge < -0.3 is 25.0 Å². The van der Waals surface area contributed by atoms with Gasteiger partial charge in [0.15, 0.2) is 5.96 Å². The van der Waals surface area contributed by atoms with Crippen LogP contribution in [0.3, 0.4) is 0 Å². The molecule has 0 bridgehead atoms. The fourth-order valence-electron chi connectivity index (χ4n) is 3.15. The van der Waals surface area contributed by atoms with Crippen molar-refractivity contribution in [2.75, 3.05) is 33.3 Å². The fraction of sp³-hybridized carbons (Fsp3) is 0.440. The summed E-state index contributed by atoms with van der Waals surface area (Å²) in [6.45, 7) is 11.3. The molecule has 0 spiro atoms. The van der Waals surface area contributed by atoms with Crippen molar-refractivity contribution < 1.29 is 14.3 Å². The molecule has 7 heteroatoms. The van der Waals surface area contributed by atoms with Gasteiger partial charge in [0.25, 0.3) is 5.91 Å². The van der Waals surface area contributed by atoms with Gasteiger partial charge in [-0.2, -0.15) is 0 Å². The van der Waals surface area contributed by atoms with Crippen molar-refractivity contribution in [2.24, 2.45) is 4.99 Å². The molecule has 2 aromatic rings. The van der Waals surface area contributed by atoms with Crippen LogP contribution in [0.5, 0.6) is 11.5 Å². The van der Waals surface area contributed by atoms with Crippen LogP contribution in [0.4, 0.5) is 0 Å². The SMILES string of the molecule is CCNC(=NCc1ccc(C(=O)N(CC)CC)cc1)NCC(C)Oc1cccc(OC)c1. The van der Waals surface area contributed by atoms with Crippen LogP contribution >= 0.6 is 0 Å². The molecule has 0 aliphatic rings. The molecule has 1 atom stereocenters. The highest BCUT2D eigenvalue weighted by atomic mass is 16.5. The standard InChI is InChI=1S/C25H36N4O3/c1-6-26-25(27-17-19(4)32-23-11-9-10-22(16-23)31-5)28-18-20-12-14-21(15-13-20)24(30)29(7-2)8-3/h9-16,19H,6-8,17-18H2,1-5H3,(H2,26,27,28). The van der Waals surface area contributed by atoms with Crippen molar-refractivity contribution >= 4 is 11.9 Å². The number of nitrogens with one attached hydrogen (secondary N) is 2. The molecule has 2 N–H and O–H groups in total. The molecule has 0 radical (unpaired) electrons. The molecule has 1 amide bonds. The van der Waals surface area contributed by atoms with Crippen LogP contribution in [0, 0.1) is 0 Å². The summed E-state index contributed by atoms with van der Waals surface area (Å²) in [5, 5.41) is 6.57. The van der Waals surface area contributed by atoms with E-state index in [2.05, 4.69) is 15.6 Å². The smallest absolute Gasteiger partial charge is 0.253 e. The zero-order valence-electron chi connectivity index (χ0n) is 19.9. The van der Waals surface area contributed by atoms with E-state index in [1.54, 1.807) is 7.11 Å². The lowest BCUT2D eigenvalue weighted by Crippen LogP contribution is -2.41.